The normalized spacial score (nSPS) is 10.4. The van der Waals surface area contributed by atoms with Gasteiger partial charge in [0.15, 0.2) is 0 Å². The molecule has 1 rings (SSSR count). The fraction of sp³-hybridized carbons (Fsp3) is 0.200. The minimum Gasteiger partial charge on any atom is -0.496 e. The molecule has 0 saturated carbocycles. The number of hydrogen-bond acceptors (Lipinski definition) is 4. The lowest BCUT2D eigenvalue weighted by atomic mass is 10.2. The first kappa shape index (κ1) is 12.5. The van der Waals surface area contributed by atoms with Gasteiger partial charge in [0.1, 0.15) is 5.75 Å². The van der Waals surface area contributed by atoms with Crippen LogP contribution in [0.4, 0.5) is 0 Å². The van der Waals surface area contributed by atoms with Crippen LogP contribution in [0, 0.1) is 0 Å². The third-order valence-electron chi connectivity index (χ3n) is 1.65. The van der Waals surface area contributed by atoms with Gasteiger partial charge in [0.25, 0.3) is 0 Å². The van der Waals surface area contributed by atoms with E-state index in [1.165, 1.54) is 6.21 Å². The molecular formula is C10H10BrNO4. The van der Waals surface area contributed by atoms with Crippen LogP contribution in [0.5, 0.6) is 5.75 Å². The van der Waals surface area contributed by atoms with E-state index in [1.807, 2.05) is 6.07 Å². The van der Waals surface area contributed by atoms with Crippen molar-refractivity contribution in [1.82, 2.24) is 0 Å². The van der Waals surface area contributed by atoms with Crippen molar-refractivity contribution in [2.24, 2.45) is 5.16 Å². The van der Waals surface area contributed by atoms with E-state index in [0.717, 1.165) is 4.47 Å². The van der Waals surface area contributed by atoms with E-state index >= 15 is 0 Å². The number of aliphatic carboxylic acids is 1. The quantitative estimate of drug-likeness (QED) is 0.663. The standard InChI is InChI=1S/C10H10BrNO4/c1-15-9-3-2-8(11)4-7(9)5-12-16-6-10(13)14/h2-5H,6H2,1H3,(H,13,14). The number of rotatable bonds is 5. The van der Waals surface area contributed by atoms with Gasteiger partial charge in [0.05, 0.1) is 13.3 Å². The summed E-state index contributed by atoms with van der Waals surface area (Å²) in [4.78, 5) is 14.7. The van der Waals surface area contributed by atoms with Crippen LogP contribution in [0.15, 0.2) is 27.8 Å². The lowest BCUT2D eigenvalue weighted by Crippen LogP contribution is -2.03. The van der Waals surface area contributed by atoms with Crippen LogP contribution in [0.3, 0.4) is 0 Å². The van der Waals surface area contributed by atoms with Gasteiger partial charge in [0.2, 0.25) is 6.61 Å². The molecule has 0 unspecified atom stereocenters. The lowest BCUT2D eigenvalue weighted by Gasteiger charge is -2.03. The number of carbonyl (C=O) groups is 1. The first-order valence-electron chi connectivity index (χ1n) is 4.34. The van der Waals surface area contributed by atoms with Crippen molar-refractivity contribution in [3.8, 4) is 5.75 Å². The molecule has 0 spiro atoms. The van der Waals surface area contributed by atoms with E-state index in [9.17, 15) is 4.79 Å². The summed E-state index contributed by atoms with van der Waals surface area (Å²) in [5.41, 5.74) is 0.697. The van der Waals surface area contributed by atoms with Crippen LogP contribution in [0.1, 0.15) is 5.56 Å². The molecule has 0 radical (unpaired) electrons. The van der Waals surface area contributed by atoms with Crippen LogP contribution in [-0.4, -0.2) is 31.0 Å². The molecule has 0 saturated heterocycles. The average molecular weight is 288 g/mol. The van der Waals surface area contributed by atoms with Gasteiger partial charge < -0.3 is 14.7 Å². The number of nitrogens with zero attached hydrogens (tertiary/aromatic N) is 1. The summed E-state index contributed by atoms with van der Waals surface area (Å²) in [6.07, 6.45) is 1.40. The molecule has 0 heterocycles. The predicted molar refractivity (Wildman–Crippen MR) is 61.9 cm³/mol. The van der Waals surface area contributed by atoms with Crippen LogP contribution >= 0.6 is 15.9 Å². The average Bonchev–Trinajstić information content (AvgIpc) is 2.24. The number of ether oxygens (including phenoxy) is 1. The van der Waals surface area contributed by atoms with E-state index in [4.69, 9.17) is 9.84 Å². The summed E-state index contributed by atoms with van der Waals surface area (Å²) >= 11 is 3.31. The van der Waals surface area contributed by atoms with Crippen molar-refractivity contribution in [1.29, 1.82) is 0 Å². The molecule has 1 aromatic carbocycles. The van der Waals surface area contributed by atoms with E-state index in [1.54, 1.807) is 19.2 Å². The summed E-state index contributed by atoms with van der Waals surface area (Å²) in [5, 5.41) is 11.8. The molecule has 0 amide bonds. The minimum absolute atomic E-state index is 0.465. The second-order valence-electron chi connectivity index (χ2n) is 2.79. The van der Waals surface area contributed by atoms with Crippen molar-refractivity contribution >= 4 is 28.1 Å². The Morgan fingerprint density at radius 2 is 2.38 bits per heavy atom. The monoisotopic (exact) mass is 287 g/mol. The highest BCUT2D eigenvalue weighted by Gasteiger charge is 2.01. The summed E-state index contributed by atoms with van der Waals surface area (Å²) in [5.74, 6) is -0.441. The second-order valence-corrected chi connectivity index (χ2v) is 3.70. The first-order chi connectivity index (χ1) is 7.63. The van der Waals surface area contributed by atoms with E-state index in [0.29, 0.717) is 11.3 Å². The van der Waals surface area contributed by atoms with Crippen LogP contribution in [0.2, 0.25) is 0 Å². The molecule has 0 aliphatic carbocycles. The minimum atomic E-state index is -1.07. The third-order valence-corrected chi connectivity index (χ3v) is 2.14. The number of hydrogen-bond donors (Lipinski definition) is 1. The van der Waals surface area contributed by atoms with E-state index < -0.39 is 12.6 Å². The maximum absolute atomic E-state index is 10.2. The largest absolute Gasteiger partial charge is 0.496 e. The molecule has 5 nitrogen and oxygen atoms in total. The summed E-state index contributed by atoms with van der Waals surface area (Å²) < 4.78 is 5.96. The number of methoxy groups -OCH3 is 1. The lowest BCUT2D eigenvalue weighted by molar-refractivity contribution is -0.142. The Kier molecular flexibility index (Phi) is 4.78. The second kappa shape index (κ2) is 6.12. The first-order valence-corrected chi connectivity index (χ1v) is 5.13. The molecule has 0 atom stereocenters. The Morgan fingerprint density at radius 3 is 3.00 bits per heavy atom. The Morgan fingerprint density at radius 1 is 1.62 bits per heavy atom. The van der Waals surface area contributed by atoms with Crippen molar-refractivity contribution in [3.63, 3.8) is 0 Å². The number of carboxylic acids is 1. The molecule has 0 aliphatic rings. The van der Waals surface area contributed by atoms with Crippen molar-refractivity contribution < 1.29 is 19.5 Å². The molecule has 6 heteroatoms. The highest BCUT2D eigenvalue weighted by Crippen LogP contribution is 2.21. The predicted octanol–water partition coefficient (Wildman–Crippen LogP) is 1.89. The van der Waals surface area contributed by atoms with Crippen molar-refractivity contribution in [3.05, 3.63) is 28.2 Å². The Labute approximate surface area is 101 Å². The molecule has 16 heavy (non-hydrogen) atoms. The zero-order chi connectivity index (χ0) is 12.0. The summed E-state index contributed by atoms with van der Waals surface area (Å²) in [6, 6.07) is 5.38. The Bertz CT molecular complexity index is 406. The Balaban J connectivity index is 2.71. The highest BCUT2D eigenvalue weighted by atomic mass is 79.9. The molecular weight excluding hydrogens is 278 g/mol. The van der Waals surface area contributed by atoms with Gasteiger partial charge in [-0.25, -0.2) is 4.79 Å². The van der Waals surface area contributed by atoms with Crippen LogP contribution < -0.4 is 4.74 Å². The van der Waals surface area contributed by atoms with E-state index in [2.05, 4.69) is 25.9 Å². The van der Waals surface area contributed by atoms with Gasteiger partial charge in [-0.2, -0.15) is 0 Å². The number of benzene rings is 1. The SMILES string of the molecule is COc1ccc(Br)cc1C=NOCC(=O)O. The Hall–Kier alpha value is -1.56. The number of oxime groups is 1. The fourth-order valence-electron chi connectivity index (χ4n) is 0.993. The summed E-state index contributed by atoms with van der Waals surface area (Å²) in [6.45, 7) is -0.465. The molecule has 0 aromatic heterocycles. The van der Waals surface area contributed by atoms with Gasteiger partial charge in [-0.3, -0.25) is 0 Å². The smallest absolute Gasteiger partial charge is 0.344 e. The molecule has 0 fully saturated rings. The van der Waals surface area contributed by atoms with Gasteiger partial charge in [-0.15, -0.1) is 0 Å². The van der Waals surface area contributed by atoms with Gasteiger partial charge in [-0.05, 0) is 18.2 Å². The van der Waals surface area contributed by atoms with Gasteiger partial charge in [0, 0.05) is 10.0 Å². The summed E-state index contributed by atoms with van der Waals surface area (Å²) in [7, 11) is 1.54. The zero-order valence-corrected chi connectivity index (χ0v) is 10.1. The van der Waals surface area contributed by atoms with E-state index in [-0.39, 0.29) is 0 Å². The topological polar surface area (TPSA) is 68.1 Å². The molecule has 0 aliphatic heterocycles. The molecule has 86 valence electrons. The highest BCUT2D eigenvalue weighted by molar-refractivity contribution is 9.10. The molecule has 1 N–H and O–H groups in total. The fourth-order valence-corrected chi connectivity index (χ4v) is 1.37. The third kappa shape index (κ3) is 3.90. The van der Waals surface area contributed by atoms with Crippen LogP contribution in [-0.2, 0) is 9.63 Å². The van der Waals surface area contributed by atoms with Crippen molar-refractivity contribution in [2.45, 2.75) is 0 Å². The van der Waals surface area contributed by atoms with Gasteiger partial charge >= 0.3 is 5.97 Å². The molecule has 1 aromatic rings. The number of halogens is 1. The zero-order valence-electron chi connectivity index (χ0n) is 8.51. The molecule has 0 bridgehead atoms. The number of carboxylic acid groups (broad SMARTS) is 1. The maximum atomic E-state index is 10.2. The van der Waals surface area contributed by atoms with Crippen molar-refractivity contribution in [2.75, 3.05) is 13.7 Å². The maximum Gasteiger partial charge on any atom is 0.344 e. The van der Waals surface area contributed by atoms with Crippen LogP contribution in [0.25, 0.3) is 0 Å². The van der Waals surface area contributed by atoms with Gasteiger partial charge in [-0.1, -0.05) is 21.1 Å².